The number of ether oxygens (including phenoxy) is 1. The SMILES string of the molecule is COC(=O)c1csc(CCCCO)n1. The molecule has 0 aliphatic rings. The van der Waals surface area contributed by atoms with Crippen molar-refractivity contribution in [2.24, 2.45) is 0 Å². The highest BCUT2D eigenvalue weighted by molar-refractivity contribution is 7.09. The van der Waals surface area contributed by atoms with Gasteiger partial charge in [-0.2, -0.15) is 0 Å². The van der Waals surface area contributed by atoms with Crippen LogP contribution in [0.2, 0.25) is 0 Å². The van der Waals surface area contributed by atoms with Crippen molar-refractivity contribution < 1.29 is 14.6 Å². The summed E-state index contributed by atoms with van der Waals surface area (Å²) in [7, 11) is 1.34. The minimum absolute atomic E-state index is 0.204. The van der Waals surface area contributed by atoms with Crippen molar-refractivity contribution >= 4 is 17.3 Å². The normalized spacial score (nSPS) is 10.1. The van der Waals surface area contributed by atoms with Gasteiger partial charge in [0, 0.05) is 12.0 Å². The summed E-state index contributed by atoms with van der Waals surface area (Å²) in [5, 5.41) is 11.2. The molecule has 1 aromatic heterocycles. The number of carbonyl (C=O) groups is 1. The molecule has 0 aliphatic heterocycles. The molecule has 0 aliphatic carbocycles. The Morgan fingerprint density at radius 3 is 3.07 bits per heavy atom. The summed E-state index contributed by atoms with van der Waals surface area (Å²) in [6.07, 6.45) is 2.47. The van der Waals surface area contributed by atoms with Crippen molar-refractivity contribution in [3.8, 4) is 0 Å². The summed E-state index contributed by atoms with van der Waals surface area (Å²) in [6, 6.07) is 0. The molecule has 0 saturated heterocycles. The van der Waals surface area contributed by atoms with E-state index in [0.717, 1.165) is 24.3 Å². The highest BCUT2D eigenvalue weighted by atomic mass is 32.1. The average Bonchev–Trinajstić information content (AvgIpc) is 2.66. The van der Waals surface area contributed by atoms with Gasteiger partial charge in [0.15, 0.2) is 5.69 Å². The Bertz CT molecular complexity index is 298. The summed E-state index contributed by atoms with van der Waals surface area (Å²) in [5.41, 5.74) is 0.372. The van der Waals surface area contributed by atoms with Crippen LogP contribution in [0, 0.1) is 0 Å². The second-order valence-corrected chi connectivity index (χ2v) is 3.74. The molecular weight excluding hydrogens is 202 g/mol. The molecule has 0 aromatic carbocycles. The number of aromatic nitrogens is 1. The number of hydrogen-bond donors (Lipinski definition) is 1. The Balaban J connectivity index is 2.46. The molecule has 78 valence electrons. The maximum Gasteiger partial charge on any atom is 0.357 e. The van der Waals surface area contributed by atoms with Crippen LogP contribution in [0.3, 0.4) is 0 Å². The van der Waals surface area contributed by atoms with Crippen molar-refractivity contribution in [3.05, 3.63) is 16.1 Å². The largest absolute Gasteiger partial charge is 0.464 e. The van der Waals surface area contributed by atoms with E-state index in [4.69, 9.17) is 5.11 Å². The van der Waals surface area contributed by atoms with Gasteiger partial charge in [-0.25, -0.2) is 9.78 Å². The standard InChI is InChI=1S/C9H13NO3S/c1-13-9(12)7-6-14-8(10-7)4-2-3-5-11/h6,11H,2-5H2,1H3. The molecule has 0 amide bonds. The molecule has 0 radical (unpaired) electrons. The smallest absolute Gasteiger partial charge is 0.357 e. The monoisotopic (exact) mass is 215 g/mol. The van der Waals surface area contributed by atoms with Gasteiger partial charge in [0.25, 0.3) is 0 Å². The first-order valence-corrected chi connectivity index (χ1v) is 5.29. The van der Waals surface area contributed by atoms with E-state index in [-0.39, 0.29) is 6.61 Å². The third-order valence-corrected chi connectivity index (χ3v) is 2.65. The van der Waals surface area contributed by atoms with Gasteiger partial charge >= 0.3 is 5.97 Å². The van der Waals surface area contributed by atoms with Crippen LogP contribution in [0.15, 0.2) is 5.38 Å². The zero-order valence-electron chi connectivity index (χ0n) is 8.02. The predicted octanol–water partition coefficient (Wildman–Crippen LogP) is 1.24. The molecule has 0 fully saturated rings. The highest BCUT2D eigenvalue weighted by Crippen LogP contribution is 2.13. The van der Waals surface area contributed by atoms with Crippen LogP contribution in [0.4, 0.5) is 0 Å². The first-order valence-electron chi connectivity index (χ1n) is 4.41. The molecular formula is C9H13NO3S. The Hall–Kier alpha value is -0.940. The fraction of sp³-hybridized carbons (Fsp3) is 0.556. The number of unbranched alkanes of at least 4 members (excludes halogenated alkanes) is 1. The topological polar surface area (TPSA) is 59.4 Å². The lowest BCUT2D eigenvalue weighted by atomic mass is 10.2. The van der Waals surface area contributed by atoms with E-state index in [1.165, 1.54) is 18.4 Å². The maximum atomic E-state index is 11.0. The van der Waals surface area contributed by atoms with E-state index in [0.29, 0.717) is 5.69 Å². The van der Waals surface area contributed by atoms with Gasteiger partial charge in [-0.05, 0) is 19.3 Å². The minimum atomic E-state index is -0.394. The lowest BCUT2D eigenvalue weighted by Crippen LogP contribution is -2.01. The number of rotatable bonds is 5. The highest BCUT2D eigenvalue weighted by Gasteiger charge is 2.09. The molecule has 1 N–H and O–H groups in total. The van der Waals surface area contributed by atoms with Gasteiger partial charge < -0.3 is 9.84 Å². The van der Waals surface area contributed by atoms with Gasteiger partial charge in [0.05, 0.1) is 12.1 Å². The van der Waals surface area contributed by atoms with Gasteiger partial charge in [-0.3, -0.25) is 0 Å². The van der Waals surface area contributed by atoms with Crippen LogP contribution in [-0.2, 0) is 11.2 Å². The van der Waals surface area contributed by atoms with E-state index in [1.807, 2.05) is 0 Å². The van der Waals surface area contributed by atoms with E-state index >= 15 is 0 Å². The fourth-order valence-electron chi connectivity index (χ4n) is 1.01. The van der Waals surface area contributed by atoms with E-state index in [9.17, 15) is 4.79 Å². The predicted molar refractivity (Wildman–Crippen MR) is 53.5 cm³/mol. The number of methoxy groups -OCH3 is 1. The van der Waals surface area contributed by atoms with Crippen LogP contribution >= 0.6 is 11.3 Å². The quantitative estimate of drug-likeness (QED) is 0.593. The van der Waals surface area contributed by atoms with Crippen molar-refractivity contribution in [1.82, 2.24) is 4.98 Å². The van der Waals surface area contributed by atoms with Crippen molar-refractivity contribution in [1.29, 1.82) is 0 Å². The number of aryl methyl sites for hydroxylation is 1. The second-order valence-electron chi connectivity index (χ2n) is 2.80. The molecule has 1 aromatic rings. The first kappa shape index (κ1) is 11.1. The molecule has 0 unspecified atom stereocenters. The van der Waals surface area contributed by atoms with Gasteiger partial charge in [-0.15, -0.1) is 11.3 Å². The zero-order chi connectivity index (χ0) is 10.4. The minimum Gasteiger partial charge on any atom is -0.464 e. The fourth-order valence-corrected chi connectivity index (χ4v) is 1.82. The number of thiazole rings is 1. The Morgan fingerprint density at radius 2 is 2.43 bits per heavy atom. The number of aliphatic hydroxyl groups is 1. The third kappa shape index (κ3) is 3.08. The molecule has 5 heteroatoms. The molecule has 14 heavy (non-hydrogen) atoms. The lowest BCUT2D eigenvalue weighted by molar-refractivity contribution is 0.0594. The van der Waals surface area contributed by atoms with Gasteiger partial charge in [-0.1, -0.05) is 0 Å². The molecule has 1 heterocycles. The Morgan fingerprint density at radius 1 is 1.64 bits per heavy atom. The summed E-state index contributed by atoms with van der Waals surface area (Å²) < 4.78 is 4.54. The molecule has 0 spiro atoms. The van der Waals surface area contributed by atoms with Crippen molar-refractivity contribution in [2.75, 3.05) is 13.7 Å². The van der Waals surface area contributed by atoms with Crippen LogP contribution in [0.25, 0.3) is 0 Å². The third-order valence-electron chi connectivity index (χ3n) is 1.75. The summed E-state index contributed by atoms with van der Waals surface area (Å²) in [5.74, 6) is -0.394. The molecule has 0 atom stereocenters. The summed E-state index contributed by atoms with van der Waals surface area (Å²) in [6.45, 7) is 0.204. The number of aliphatic hydroxyl groups excluding tert-OH is 1. The number of hydrogen-bond acceptors (Lipinski definition) is 5. The number of nitrogens with zero attached hydrogens (tertiary/aromatic N) is 1. The molecule has 0 saturated carbocycles. The van der Waals surface area contributed by atoms with Crippen LogP contribution in [-0.4, -0.2) is 29.8 Å². The van der Waals surface area contributed by atoms with Gasteiger partial charge in [0.1, 0.15) is 0 Å². The molecule has 1 rings (SSSR count). The molecule has 4 nitrogen and oxygen atoms in total. The molecule has 0 bridgehead atoms. The van der Waals surface area contributed by atoms with E-state index in [2.05, 4.69) is 9.72 Å². The van der Waals surface area contributed by atoms with E-state index < -0.39 is 5.97 Å². The summed E-state index contributed by atoms with van der Waals surface area (Å²) >= 11 is 1.45. The number of esters is 1. The van der Waals surface area contributed by atoms with Crippen LogP contribution in [0.5, 0.6) is 0 Å². The van der Waals surface area contributed by atoms with Crippen LogP contribution < -0.4 is 0 Å². The van der Waals surface area contributed by atoms with Crippen LogP contribution in [0.1, 0.15) is 28.3 Å². The first-order chi connectivity index (χ1) is 6.77. The van der Waals surface area contributed by atoms with Crippen molar-refractivity contribution in [2.45, 2.75) is 19.3 Å². The Kier molecular flexibility index (Phi) is 4.55. The van der Waals surface area contributed by atoms with E-state index in [1.54, 1.807) is 5.38 Å². The summed E-state index contributed by atoms with van der Waals surface area (Å²) in [4.78, 5) is 15.2. The zero-order valence-corrected chi connectivity index (χ0v) is 8.84. The lowest BCUT2D eigenvalue weighted by Gasteiger charge is -1.94. The maximum absolute atomic E-state index is 11.0. The van der Waals surface area contributed by atoms with Gasteiger partial charge in [0.2, 0.25) is 0 Å². The number of carbonyl (C=O) groups excluding carboxylic acids is 1. The Labute approximate surface area is 86.6 Å². The van der Waals surface area contributed by atoms with Crippen molar-refractivity contribution in [3.63, 3.8) is 0 Å². The average molecular weight is 215 g/mol. The second kappa shape index (κ2) is 5.72.